The molecule has 0 fully saturated rings. The summed E-state index contributed by atoms with van der Waals surface area (Å²) in [4.78, 5) is 0. The Morgan fingerprint density at radius 1 is 1.00 bits per heavy atom. The van der Waals surface area contributed by atoms with Gasteiger partial charge in [0.25, 0.3) is 0 Å². The zero-order valence-electron chi connectivity index (χ0n) is 12.7. The van der Waals surface area contributed by atoms with Crippen molar-refractivity contribution in [3.05, 3.63) is 64.7 Å². The van der Waals surface area contributed by atoms with Gasteiger partial charge in [-0.25, -0.2) is 0 Å². The Hall–Kier alpha value is -1.51. The Morgan fingerprint density at radius 2 is 1.71 bits per heavy atom. The molecule has 0 aliphatic rings. The standard InChI is InChI=1S/C18H21ClO2/c1-13-9-10-17(11-18(13)19)21-15(3)14(2)20-12-16-7-5-4-6-8-16/h4-11,14-15H,12H2,1-3H3/t14-,15+/m0/s1. The second-order valence-corrected chi connectivity index (χ2v) is 5.64. The summed E-state index contributed by atoms with van der Waals surface area (Å²) >= 11 is 6.11. The Kier molecular flexibility index (Phi) is 5.66. The molecular formula is C18H21ClO2. The van der Waals surface area contributed by atoms with Gasteiger partial charge in [0.15, 0.2) is 0 Å². The summed E-state index contributed by atoms with van der Waals surface area (Å²) in [6.07, 6.45) is -0.0576. The minimum atomic E-state index is -0.0486. The van der Waals surface area contributed by atoms with Crippen LogP contribution in [0.1, 0.15) is 25.0 Å². The number of hydrogen-bond acceptors (Lipinski definition) is 2. The lowest BCUT2D eigenvalue weighted by molar-refractivity contribution is -0.0164. The van der Waals surface area contributed by atoms with Gasteiger partial charge >= 0.3 is 0 Å². The molecule has 0 saturated carbocycles. The van der Waals surface area contributed by atoms with Crippen LogP contribution in [0.4, 0.5) is 0 Å². The quantitative estimate of drug-likeness (QED) is 0.746. The van der Waals surface area contributed by atoms with Crippen molar-refractivity contribution in [1.82, 2.24) is 0 Å². The van der Waals surface area contributed by atoms with E-state index in [0.717, 1.165) is 21.9 Å². The molecule has 0 unspecified atom stereocenters. The SMILES string of the molecule is Cc1ccc(O[C@H](C)[C@H](C)OCc2ccccc2)cc1Cl. The lowest BCUT2D eigenvalue weighted by Gasteiger charge is -2.22. The average molecular weight is 305 g/mol. The number of rotatable bonds is 6. The van der Waals surface area contributed by atoms with Gasteiger partial charge in [0.05, 0.1) is 12.7 Å². The van der Waals surface area contributed by atoms with Gasteiger partial charge in [-0.15, -0.1) is 0 Å². The summed E-state index contributed by atoms with van der Waals surface area (Å²) in [6, 6.07) is 15.9. The van der Waals surface area contributed by atoms with E-state index in [9.17, 15) is 0 Å². The predicted octanol–water partition coefficient (Wildman–Crippen LogP) is 5.02. The lowest BCUT2D eigenvalue weighted by Crippen LogP contribution is -2.28. The maximum absolute atomic E-state index is 6.11. The number of ether oxygens (including phenoxy) is 2. The highest BCUT2D eigenvalue weighted by Crippen LogP contribution is 2.23. The lowest BCUT2D eigenvalue weighted by atomic mass is 10.2. The van der Waals surface area contributed by atoms with Gasteiger partial charge in [-0.3, -0.25) is 0 Å². The third kappa shape index (κ3) is 4.76. The van der Waals surface area contributed by atoms with Crippen LogP contribution < -0.4 is 4.74 Å². The second kappa shape index (κ2) is 7.48. The molecule has 3 heteroatoms. The molecule has 112 valence electrons. The van der Waals surface area contributed by atoms with Crippen molar-refractivity contribution < 1.29 is 9.47 Å². The normalized spacial score (nSPS) is 13.7. The number of halogens is 1. The van der Waals surface area contributed by atoms with Crippen molar-refractivity contribution in [2.45, 2.75) is 39.6 Å². The molecule has 2 nitrogen and oxygen atoms in total. The fourth-order valence-corrected chi connectivity index (χ4v) is 2.07. The molecule has 0 N–H and O–H groups in total. The van der Waals surface area contributed by atoms with Gasteiger partial charge in [-0.2, -0.15) is 0 Å². The van der Waals surface area contributed by atoms with Crippen LogP contribution in [0.5, 0.6) is 5.75 Å². The van der Waals surface area contributed by atoms with Crippen molar-refractivity contribution in [3.8, 4) is 5.75 Å². The fraction of sp³-hybridized carbons (Fsp3) is 0.333. The topological polar surface area (TPSA) is 18.5 Å². The van der Waals surface area contributed by atoms with Crippen molar-refractivity contribution in [2.24, 2.45) is 0 Å². The van der Waals surface area contributed by atoms with Crippen LogP contribution >= 0.6 is 11.6 Å². The summed E-state index contributed by atoms with van der Waals surface area (Å²) in [5, 5.41) is 0.720. The first kappa shape index (κ1) is 15.9. The molecule has 2 aromatic carbocycles. The minimum absolute atomic E-state index is 0.00900. The van der Waals surface area contributed by atoms with Crippen LogP contribution in [0.15, 0.2) is 48.5 Å². The second-order valence-electron chi connectivity index (χ2n) is 5.24. The molecule has 0 aromatic heterocycles. The molecule has 0 radical (unpaired) electrons. The van der Waals surface area contributed by atoms with E-state index in [-0.39, 0.29) is 12.2 Å². The van der Waals surface area contributed by atoms with Gasteiger partial charge in [-0.05, 0) is 44.0 Å². The van der Waals surface area contributed by atoms with E-state index >= 15 is 0 Å². The first-order chi connectivity index (χ1) is 10.1. The molecule has 0 saturated heterocycles. The van der Waals surface area contributed by atoms with Gasteiger partial charge < -0.3 is 9.47 Å². The molecular weight excluding hydrogens is 284 g/mol. The maximum Gasteiger partial charge on any atom is 0.122 e. The molecule has 0 bridgehead atoms. The van der Waals surface area contributed by atoms with Crippen LogP contribution in [0.25, 0.3) is 0 Å². The summed E-state index contributed by atoms with van der Waals surface area (Å²) in [7, 11) is 0. The third-order valence-corrected chi connectivity index (χ3v) is 3.89. The third-order valence-electron chi connectivity index (χ3n) is 3.48. The summed E-state index contributed by atoms with van der Waals surface area (Å²) in [5.74, 6) is 0.772. The molecule has 2 atom stereocenters. The smallest absolute Gasteiger partial charge is 0.122 e. The largest absolute Gasteiger partial charge is 0.488 e. The highest BCUT2D eigenvalue weighted by atomic mass is 35.5. The number of benzene rings is 2. The molecule has 2 rings (SSSR count). The molecule has 0 heterocycles. The zero-order valence-corrected chi connectivity index (χ0v) is 13.4. The average Bonchev–Trinajstić information content (AvgIpc) is 2.49. The number of hydrogen-bond donors (Lipinski definition) is 0. The van der Waals surface area contributed by atoms with E-state index in [0.29, 0.717) is 6.61 Å². The van der Waals surface area contributed by atoms with Crippen LogP contribution in [0.3, 0.4) is 0 Å². The van der Waals surface area contributed by atoms with E-state index < -0.39 is 0 Å². The Balaban J connectivity index is 1.87. The Bertz CT molecular complexity index is 569. The zero-order chi connectivity index (χ0) is 15.2. The number of aryl methyl sites for hydroxylation is 1. The van der Waals surface area contributed by atoms with Crippen molar-refractivity contribution in [2.75, 3.05) is 0 Å². The van der Waals surface area contributed by atoms with Crippen LogP contribution in [0.2, 0.25) is 5.02 Å². The first-order valence-electron chi connectivity index (χ1n) is 7.14. The summed E-state index contributed by atoms with van der Waals surface area (Å²) in [6.45, 7) is 6.58. The molecule has 0 amide bonds. The van der Waals surface area contributed by atoms with E-state index in [2.05, 4.69) is 12.1 Å². The fourth-order valence-electron chi connectivity index (χ4n) is 1.89. The molecule has 0 spiro atoms. The monoisotopic (exact) mass is 304 g/mol. The maximum atomic E-state index is 6.11. The van der Waals surface area contributed by atoms with Crippen LogP contribution in [-0.4, -0.2) is 12.2 Å². The van der Waals surface area contributed by atoms with Gasteiger partial charge in [-0.1, -0.05) is 48.0 Å². The van der Waals surface area contributed by atoms with Crippen LogP contribution in [0, 0.1) is 6.92 Å². The van der Waals surface area contributed by atoms with Gasteiger partial charge in [0, 0.05) is 5.02 Å². The molecule has 0 aliphatic carbocycles. The van der Waals surface area contributed by atoms with E-state index in [1.807, 2.05) is 57.2 Å². The highest BCUT2D eigenvalue weighted by Gasteiger charge is 2.15. The van der Waals surface area contributed by atoms with Crippen LogP contribution in [-0.2, 0) is 11.3 Å². The van der Waals surface area contributed by atoms with Gasteiger partial charge in [0.2, 0.25) is 0 Å². The van der Waals surface area contributed by atoms with E-state index in [1.165, 1.54) is 0 Å². The molecule has 21 heavy (non-hydrogen) atoms. The highest BCUT2D eigenvalue weighted by molar-refractivity contribution is 6.31. The van der Waals surface area contributed by atoms with Crippen molar-refractivity contribution >= 4 is 11.6 Å². The van der Waals surface area contributed by atoms with E-state index in [1.54, 1.807) is 0 Å². The Morgan fingerprint density at radius 3 is 2.38 bits per heavy atom. The van der Waals surface area contributed by atoms with Crippen molar-refractivity contribution in [3.63, 3.8) is 0 Å². The Labute approximate surface area is 131 Å². The first-order valence-corrected chi connectivity index (χ1v) is 7.52. The molecule has 2 aromatic rings. The summed E-state index contributed by atoms with van der Waals surface area (Å²) in [5.41, 5.74) is 2.21. The van der Waals surface area contributed by atoms with Crippen molar-refractivity contribution in [1.29, 1.82) is 0 Å². The molecule has 0 aliphatic heterocycles. The predicted molar refractivity (Wildman–Crippen MR) is 87.0 cm³/mol. The minimum Gasteiger partial charge on any atom is -0.488 e. The summed E-state index contributed by atoms with van der Waals surface area (Å²) < 4.78 is 11.7. The van der Waals surface area contributed by atoms with Gasteiger partial charge in [0.1, 0.15) is 11.9 Å². The van der Waals surface area contributed by atoms with E-state index in [4.69, 9.17) is 21.1 Å².